The molecule has 3 heterocycles. The number of piperidine rings is 1. The molecule has 1 saturated heterocycles. The van der Waals surface area contributed by atoms with Gasteiger partial charge in [0, 0.05) is 31.2 Å². The number of nitrogens with zero attached hydrogens (tertiary/aromatic N) is 4. The Bertz CT molecular complexity index is 486. The van der Waals surface area contributed by atoms with E-state index in [2.05, 4.69) is 28.0 Å². The number of imidazole rings is 1. The van der Waals surface area contributed by atoms with Crippen LogP contribution in [0.4, 0.5) is 0 Å². The second-order valence-electron chi connectivity index (χ2n) is 5.09. The molecular formula is C14H20N4. The lowest BCUT2D eigenvalue weighted by molar-refractivity contribution is 0.134. The Morgan fingerprint density at radius 2 is 2.33 bits per heavy atom. The van der Waals surface area contributed by atoms with E-state index in [0.717, 1.165) is 24.1 Å². The van der Waals surface area contributed by atoms with Gasteiger partial charge < -0.3 is 0 Å². The van der Waals surface area contributed by atoms with Gasteiger partial charge in [-0.1, -0.05) is 13.3 Å². The third-order valence-electron chi connectivity index (χ3n) is 3.87. The van der Waals surface area contributed by atoms with E-state index in [-0.39, 0.29) is 0 Å². The van der Waals surface area contributed by atoms with Crippen molar-refractivity contribution >= 4 is 5.78 Å². The van der Waals surface area contributed by atoms with Gasteiger partial charge in [-0.15, -0.1) is 0 Å². The molecule has 2 aromatic heterocycles. The Balaban J connectivity index is 1.78. The maximum absolute atomic E-state index is 4.59. The van der Waals surface area contributed by atoms with E-state index < -0.39 is 0 Å². The van der Waals surface area contributed by atoms with Gasteiger partial charge in [-0.3, -0.25) is 9.30 Å². The summed E-state index contributed by atoms with van der Waals surface area (Å²) in [6, 6.07) is 2.67. The summed E-state index contributed by atoms with van der Waals surface area (Å²) in [5.41, 5.74) is 1.13. The van der Waals surface area contributed by atoms with Gasteiger partial charge in [-0.25, -0.2) is 9.97 Å². The van der Waals surface area contributed by atoms with E-state index in [0.29, 0.717) is 0 Å². The fourth-order valence-corrected chi connectivity index (χ4v) is 2.89. The van der Waals surface area contributed by atoms with E-state index >= 15 is 0 Å². The highest BCUT2D eigenvalue weighted by Crippen LogP contribution is 2.21. The highest BCUT2D eigenvalue weighted by Gasteiger charge is 2.21. The Hall–Kier alpha value is -1.42. The second-order valence-corrected chi connectivity index (χ2v) is 5.09. The first-order valence-electron chi connectivity index (χ1n) is 6.89. The van der Waals surface area contributed by atoms with Gasteiger partial charge >= 0.3 is 0 Å². The minimum atomic E-state index is 0.733. The summed E-state index contributed by atoms with van der Waals surface area (Å²) in [5.74, 6) is 0.803. The first kappa shape index (κ1) is 11.7. The maximum atomic E-state index is 4.59. The van der Waals surface area contributed by atoms with Crippen LogP contribution in [0.1, 0.15) is 38.3 Å². The van der Waals surface area contributed by atoms with Crippen molar-refractivity contribution in [1.82, 2.24) is 19.3 Å². The van der Waals surface area contributed by atoms with Gasteiger partial charge in [0.25, 0.3) is 0 Å². The van der Waals surface area contributed by atoms with Crippen LogP contribution in [0.25, 0.3) is 5.78 Å². The lowest BCUT2D eigenvalue weighted by Crippen LogP contribution is -2.38. The largest absolute Gasteiger partial charge is 0.295 e. The third-order valence-corrected chi connectivity index (χ3v) is 3.87. The smallest absolute Gasteiger partial charge is 0.233 e. The summed E-state index contributed by atoms with van der Waals surface area (Å²) in [4.78, 5) is 11.4. The summed E-state index contributed by atoms with van der Waals surface area (Å²) in [5, 5.41) is 0. The van der Waals surface area contributed by atoms with Crippen LogP contribution in [0.3, 0.4) is 0 Å². The topological polar surface area (TPSA) is 33.4 Å². The summed E-state index contributed by atoms with van der Waals surface area (Å²) >= 11 is 0. The maximum Gasteiger partial charge on any atom is 0.233 e. The monoisotopic (exact) mass is 244 g/mol. The van der Waals surface area contributed by atoms with Crippen molar-refractivity contribution in [3.05, 3.63) is 30.4 Å². The normalized spacial score (nSPS) is 21.5. The lowest BCUT2D eigenvalue weighted by atomic mass is 10.00. The molecule has 3 rings (SSSR count). The zero-order valence-corrected chi connectivity index (χ0v) is 10.9. The van der Waals surface area contributed by atoms with E-state index in [9.17, 15) is 0 Å². The minimum absolute atomic E-state index is 0.733. The Labute approximate surface area is 108 Å². The highest BCUT2D eigenvalue weighted by atomic mass is 15.2. The second kappa shape index (κ2) is 5.06. The van der Waals surface area contributed by atoms with Gasteiger partial charge in [-0.2, -0.15) is 0 Å². The van der Waals surface area contributed by atoms with Crippen molar-refractivity contribution in [3.8, 4) is 0 Å². The van der Waals surface area contributed by atoms with Gasteiger partial charge in [-0.05, 0) is 31.9 Å². The molecule has 18 heavy (non-hydrogen) atoms. The van der Waals surface area contributed by atoms with Gasteiger partial charge in [0.2, 0.25) is 5.78 Å². The Kier molecular flexibility index (Phi) is 3.28. The molecule has 1 aliphatic rings. The SMILES string of the molecule is CCC1CCCCN1Cc1cn2cccnc2n1. The molecule has 0 radical (unpaired) electrons. The van der Waals surface area contributed by atoms with Gasteiger partial charge in [0.1, 0.15) is 0 Å². The quantitative estimate of drug-likeness (QED) is 0.831. The van der Waals surface area contributed by atoms with Crippen molar-refractivity contribution in [2.24, 2.45) is 0 Å². The lowest BCUT2D eigenvalue weighted by Gasteiger charge is -2.34. The molecular weight excluding hydrogens is 224 g/mol. The first-order valence-corrected chi connectivity index (χ1v) is 6.89. The van der Waals surface area contributed by atoms with Crippen molar-refractivity contribution in [1.29, 1.82) is 0 Å². The van der Waals surface area contributed by atoms with Crippen LogP contribution in [0.5, 0.6) is 0 Å². The number of aromatic nitrogens is 3. The van der Waals surface area contributed by atoms with E-state index in [1.807, 2.05) is 16.7 Å². The van der Waals surface area contributed by atoms with Crippen LogP contribution < -0.4 is 0 Å². The van der Waals surface area contributed by atoms with E-state index in [1.54, 1.807) is 6.20 Å². The standard InChI is InChI=1S/C14H20N4/c1-2-13-6-3-4-8-17(13)10-12-11-18-9-5-7-15-14(18)16-12/h5,7,9,11,13H,2-4,6,8,10H2,1H3. The molecule has 1 fully saturated rings. The fraction of sp³-hybridized carbons (Fsp3) is 0.571. The highest BCUT2D eigenvalue weighted by molar-refractivity contribution is 5.29. The van der Waals surface area contributed by atoms with Crippen molar-refractivity contribution in [2.75, 3.05) is 6.54 Å². The predicted octanol–water partition coefficient (Wildman–Crippen LogP) is 2.49. The number of hydrogen-bond acceptors (Lipinski definition) is 3. The van der Waals surface area contributed by atoms with Crippen LogP contribution in [-0.2, 0) is 6.54 Å². The van der Waals surface area contributed by atoms with Crippen LogP contribution in [0, 0.1) is 0 Å². The van der Waals surface area contributed by atoms with Crippen LogP contribution >= 0.6 is 0 Å². The van der Waals surface area contributed by atoms with Crippen molar-refractivity contribution < 1.29 is 0 Å². The molecule has 0 saturated carbocycles. The number of likely N-dealkylation sites (tertiary alicyclic amines) is 1. The Morgan fingerprint density at radius 3 is 3.17 bits per heavy atom. The van der Waals surface area contributed by atoms with Crippen LogP contribution in [-0.4, -0.2) is 31.9 Å². The van der Waals surface area contributed by atoms with Gasteiger partial charge in [0.15, 0.2) is 0 Å². The first-order chi connectivity index (χ1) is 8.86. The minimum Gasteiger partial charge on any atom is -0.295 e. The van der Waals surface area contributed by atoms with Crippen molar-refractivity contribution in [3.63, 3.8) is 0 Å². The number of hydrogen-bond donors (Lipinski definition) is 0. The summed E-state index contributed by atoms with van der Waals surface area (Å²) in [6.07, 6.45) is 11.2. The number of fused-ring (bicyclic) bond motifs is 1. The average Bonchev–Trinajstić information content (AvgIpc) is 2.81. The summed E-state index contributed by atoms with van der Waals surface area (Å²) < 4.78 is 2.00. The molecule has 0 aliphatic carbocycles. The zero-order valence-electron chi connectivity index (χ0n) is 10.9. The molecule has 1 aliphatic heterocycles. The molecule has 0 N–H and O–H groups in total. The van der Waals surface area contributed by atoms with E-state index in [4.69, 9.17) is 0 Å². The average molecular weight is 244 g/mol. The molecule has 0 bridgehead atoms. The zero-order chi connectivity index (χ0) is 12.4. The van der Waals surface area contributed by atoms with Crippen LogP contribution in [0.2, 0.25) is 0 Å². The van der Waals surface area contributed by atoms with Crippen molar-refractivity contribution in [2.45, 2.75) is 45.2 Å². The molecule has 0 amide bonds. The molecule has 96 valence electrons. The fourth-order valence-electron chi connectivity index (χ4n) is 2.89. The van der Waals surface area contributed by atoms with Gasteiger partial charge in [0.05, 0.1) is 5.69 Å². The molecule has 0 aromatic carbocycles. The molecule has 4 heteroatoms. The molecule has 1 atom stereocenters. The third kappa shape index (κ3) is 2.25. The van der Waals surface area contributed by atoms with Crippen LogP contribution in [0.15, 0.2) is 24.7 Å². The number of rotatable bonds is 3. The summed E-state index contributed by atoms with van der Waals surface area (Å²) in [6.45, 7) is 4.45. The Morgan fingerprint density at radius 1 is 1.39 bits per heavy atom. The van der Waals surface area contributed by atoms with E-state index in [1.165, 1.54) is 32.2 Å². The molecule has 4 nitrogen and oxygen atoms in total. The summed E-state index contributed by atoms with van der Waals surface area (Å²) in [7, 11) is 0. The predicted molar refractivity (Wildman–Crippen MR) is 71.3 cm³/mol. The molecule has 1 unspecified atom stereocenters. The molecule has 0 spiro atoms. The molecule has 2 aromatic rings.